The summed E-state index contributed by atoms with van der Waals surface area (Å²) in [6.45, 7) is 0. The first-order valence-electron chi connectivity index (χ1n) is 8.78. The Morgan fingerprint density at radius 3 is 0.558 bits per heavy atom. The van der Waals surface area contributed by atoms with Gasteiger partial charge in [-0.05, 0) is 0 Å². The molecular formula is C14HCl27O2. The molecule has 0 bridgehead atoms. The third-order valence-electron chi connectivity index (χ3n) is 4.96. The molecule has 1 N–H and O–H groups in total. The van der Waals surface area contributed by atoms with Gasteiger partial charge >= 0.3 is 5.97 Å². The fraction of sp³-hybridized carbons (Fsp3) is 0.929. The van der Waals surface area contributed by atoms with Gasteiger partial charge in [-0.3, -0.25) is 0 Å². The van der Waals surface area contributed by atoms with Crippen molar-refractivity contribution in [2.24, 2.45) is 0 Å². The topological polar surface area (TPSA) is 37.3 Å². The highest BCUT2D eigenvalue weighted by atomic mass is 35.6. The highest BCUT2D eigenvalue weighted by molar-refractivity contribution is 6.85. The van der Waals surface area contributed by atoms with Gasteiger partial charge in [0.05, 0.1) is 0 Å². The maximum Gasteiger partial charge on any atom is 0.343 e. The summed E-state index contributed by atoms with van der Waals surface area (Å²) in [5.74, 6) is -2.14. The number of hydrogen-bond acceptors (Lipinski definition) is 1. The Morgan fingerprint density at radius 1 is 0.279 bits per heavy atom. The summed E-state index contributed by atoms with van der Waals surface area (Å²) in [7, 11) is 0. The molecule has 0 aromatic heterocycles. The first-order chi connectivity index (χ1) is 17.9. The van der Waals surface area contributed by atoms with Crippen LogP contribution in [0.3, 0.4) is 0 Å². The van der Waals surface area contributed by atoms with E-state index >= 15 is 0 Å². The van der Waals surface area contributed by atoms with E-state index in [-0.39, 0.29) is 0 Å². The van der Waals surface area contributed by atoms with E-state index in [0.717, 1.165) is 0 Å². The molecule has 29 heteroatoms. The average Bonchev–Trinajstić information content (AvgIpc) is 2.76. The highest BCUT2D eigenvalue weighted by Gasteiger charge is 2.86. The second-order valence-electron chi connectivity index (χ2n) is 7.70. The zero-order valence-electron chi connectivity index (χ0n) is 18.1. The largest absolute Gasteiger partial charge is 0.479 e. The van der Waals surface area contributed by atoms with E-state index in [1.807, 2.05) is 0 Å². The van der Waals surface area contributed by atoms with Crippen molar-refractivity contribution in [1.29, 1.82) is 0 Å². The molecule has 0 saturated carbocycles. The smallest absolute Gasteiger partial charge is 0.343 e. The van der Waals surface area contributed by atoms with Gasteiger partial charge in [0.2, 0.25) is 12.5 Å². The van der Waals surface area contributed by atoms with Crippen LogP contribution in [-0.2, 0) is 4.79 Å². The van der Waals surface area contributed by atoms with Crippen LogP contribution in [0.1, 0.15) is 0 Å². The van der Waals surface area contributed by atoms with Crippen molar-refractivity contribution in [3.8, 4) is 0 Å². The normalized spacial score (nSPS) is 16.9. The predicted molar refractivity (Wildman–Crippen MR) is 201 cm³/mol. The van der Waals surface area contributed by atoms with Crippen LogP contribution in [0.5, 0.6) is 0 Å². The van der Waals surface area contributed by atoms with Crippen molar-refractivity contribution in [2.75, 3.05) is 0 Å². The number of rotatable bonds is 12. The van der Waals surface area contributed by atoms with Crippen molar-refractivity contribution in [3.63, 3.8) is 0 Å². The molecular weight excluding hydrogens is 1160 g/mol. The van der Waals surface area contributed by atoms with Crippen molar-refractivity contribution >= 4 is 319 Å². The Labute approximate surface area is 379 Å². The third-order valence-corrected chi connectivity index (χ3v) is 24.0. The quantitative estimate of drug-likeness (QED) is 0.198. The van der Waals surface area contributed by atoms with E-state index in [1.54, 1.807) is 0 Å². The summed E-state index contributed by atoms with van der Waals surface area (Å²) >= 11 is 167. The molecule has 0 spiro atoms. The van der Waals surface area contributed by atoms with Crippen LogP contribution in [0.4, 0.5) is 0 Å². The lowest BCUT2D eigenvalue weighted by atomic mass is 9.98. The fourth-order valence-electron chi connectivity index (χ4n) is 2.28. The lowest BCUT2D eigenvalue weighted by Crippen LogP contribution is -2.74. The van der Waals surface area contributed by atoms with Gasteiger partial charge < -0.3 is 5.11 Å². The van der Waals surface area contributed by atoms with Crippen LogP contribution in [0.25, 0.3) is 0 Å². The average molecular weight is 1160 g/mol. The van der Waals surface area contributed by atoms with Crippen LogP contribution in [-0.4, -0.2) is 66.9 Å². The zero-order chi connectivity index (χ0) is 36.1. The number of aliphatic carboxylic acids is 1. The standard InChI is InChI=1S/C14HCl27O2/c15-2(16,1(42)43)3(17,18)4(19,20)5(21,22)6(23,24)7(25,26)8(27,28)9(29,30)10(31,32)11(33,34)12(35,36)13(37,38)14(39,40)41/h(H,42,43). The van der Waals surface area contributed by atoms with Crippen molar-refractivity contribution in [2.45, 2.75) is 55.8 Å². The maximum absolute atomic E-state index is 11.6. The Bertz CT molecular complexity index is 1060. The summed E-state index contributed by atoms with van der Waals surface area (Å²) in [6.07, 6.45) is 0. The van der Waals surface area contributed by atoms with Gasteiger partial charge in [-0.2, -0.15) is 0 Å². The molecule has 43 heavy (non-hydrogen) atoms. The van der Waals surface area contributed by atoms with Crippen LogP contribution in [0.2, 0.25) is 0 Å². The molecule has 0 aliphatic heterocycles. The molecule has 0 amide bonds. The summed E-state index contributed by atoms with van der Waals surface area (Å²) < 4.78 is -43.6. The monoisotopic (exact) mass is 1150 g/mol. The molecule has 2 nitrogen and oxygen atoms in total. The Morgan fingerprint density at radius 2 is 0.419 bits per heavy atom. The fourth-order valence-corrected chi connectivity index (χ4v) is 11.0. The minimum absolute atomic E-state index is 2.14. The molecule has 0 unspecified atom stereocenters. The number of hydrogen-bond donors (Lipinski definition) is 1. The Kier molecular flexibility index (Phi) is 17.3. The molecule has 0 rings (SSSR count). The van der Waals surface area contributed by atoms with Gasteiger partial charge in [0, 0.05) is 0 Å². The molecule has 0 radical (unpaired) electrons. The van der Waals surface area contributed by atoms with E-state index in [1.165, 1.54) is 0 Å². The van der Waals surface area contributed by atoms with Gasteiger partial charge in [0.15, 0.2) is 43.3 Å². The summed E-state index contributed by atoms with van der Waals surface area (Å²) in [5.41, 5.74) is 0. The lowest BCUT2D eigenvalue weighted by Gasteiger charge is -2.57. The lowest BCUT2D eigenvalue weighted by molar-refractivity contribution is -0.138. The number of halogens is 27. The van der Waals surface area contributed by atoms with Crippen LogP contribution in [0, 0.1) is 0 Å². The molecule has 0 aliphatic carbocycles. The first-order valence-corrected chi connectivity index (χ1v) is 19.0. The highest BCUT2D eigenvalue weighted by Crippen LogP contribution is 2.76. The van der Waals surface area contributed by atoms with E-state index in [0.29, 0.717) is 0 Å². The minimum Gasteiger partial charge on any atom is -0.479 e. The van der Waals surface area contributed by atoms with E-state index in [9.17, 15) is 9.90 Å². The second-order valence-corrected chi connectivity index (χ2v) is 25.9. The van der Waals surface area contributed by atoms with E-state index in [4.69, 9.17) is 313 Å². The molecule has 0 atom stereocenters. The molecule has 0 aromatic rings. The van der Waals surface area contributed by atoms with Gasteiger partial charge in [-0.25, -0.2) is 4.79 Å². The number of carbonyl (C=O) groups is 1. The number of carboxylic acids is 1. The van der Waals surface area contributed by atoms with Crippen molar-refractivity contribution < 1.29 is 9.90 Å². The van der Waals surface area contributed by atoms with Crippen molar-refractivity contribution in [3.05, 3.63) is 0 Å². The molecule has 0 fully saturated rings. The van der Waals surface area contributed by atoms with Gasteiger partial charge in [0.1, 0.15) is 0 Å². The van der Waals surface area contributed by atoms with Crippen LogP contribution in [0.15, 0.2) is 0 Å². The number of carboxylic acid groups (broad SMARTS) is 1. The second kappa shape index (κ2) is 14.8. The predicted octanol–water partition coefficient (Wildman–Crippen LogP) is 15.5. The zero-order valence-corrected chi connectivity index (χ0v) is 38.5. The van der Waals surface area contributed by atoms with Gasteiger partial charge in [-0.1, -0.05) is 313 Å². The van der Waals surface area contributed by atoms with Gasteiger partial charge in [0.25, 0.3) is 0 Å². The number of alkyl halides is 27. The van der Waals surface area contributed by atoms with E-state index in [2.05, 4.69) is 0 Å². The Balaban J connectivity index is 7.49. The van der Waals surface area contributed by atoms with Crippen LogP contribution >= 0.6 is 313 Å². The van der Waals surface area contributed by atoms with E-state index < -0.39 is 61.8 Å². The van der Waals surface area contributed by atoms with Crippen LogP contribution < -0.4 is 0 Å². The SMILES string of the molecule is O=C(O)C(Cl)(Cl)C(Cl)(Cl)C(Cl)(Cl)C(Cl)(Cl)C(Cl)(Cl)C(Cl)(Cl)C(Cl)(Cl)C(Cl)(Cl)C(Cl)(Cl)C(Cl)(Cl)C(Cl)(Cl)C(Cl)(Cl)C(Cl)(Cl)Cl. The summed E-state index contributed by atoms with van der Waals surface area (Å²) in [6, 6.07) is 0. The molecule has 258 valence electrons. The maximum atomic E-state index is 11.6. The molecule has 0 saturated heterocycles. The molecule has 0 heterocycles. The summed E-state index contributed by atoms with van der Waals surface area (Å²) in [4.78, 5) is 11.6. The minimum atomic E-state index is -3.54. The van der Waals surface area contributed by atoms with Crippen molar-refractivity contribution in [1.82, 2.24) is 0 Å². The molecule has 0 aromatic carbocycles. The summed E-state index contributed by atoms with van der Waals surface area (Å²) in [5, 5.41) is 9.39. The van der Waals surface area contributed by atoms with Gasteiger partial charge in [-0.15, -0.1) is 0 Å². The molecule has 0 aliphatic rings. The third kappa shape index (κ3) is 7.50. The first kappa shape index (κ1) is 50.3. The Hall–Kier alpha value is 7.30.